The van der Waals surface area contributed by atoms with E-state index in [4.69, 9.17) is 32.7 Å². The van der Waals surface area contributed by atoms with Crippen LogP contribution < -0.4 is 15.8 Å². The zero-order valence-corrected chi connectivity index (χ0v) is 30.4. The van der Waals surface area contributed by atoms with Crippen molar-refractivity contribution in [3.8, 4) is 5.75 Å². The minimum absolute atomic E-state index is 0.0872. The summed E-state index contributed by atoms with van der Waals surface area (Å²) in [4.78, 5) is 65.5. The summed E-state index contributed by atoms with van der Waals surface area (Å²) >= 11 is 0. The molecule has 0 radical (unpaired) electrons. The van der Waals surface area contributed by atoms with E-state index >= 15 is 0 Å². The molecule has 2 aromatic rings. The molecule has 18 nitrogen and oxygen atoms in total. The first-order chi connectivity index (χ1) is 24.5. The molecule has 1 aromatic heterocycles. The number of benzene rings is 1. The number of nitrogens with zero attached hydrogens (tertiary/aromatic N) is 3. The number of hydrogen-bond acceptors (Lipinski definition) is 15. The quantitative estimate of drug-likeness (QED) is 0.161. The Kier molecular flexibility index (Phi) is 12.9. The first kappa shape index (κ1) is 40.1. The van der Waals surface area contributed by atoms with Crippen LogP contribution in [0.5, 0.6) is 5.75 Å². The standard InChI is InChI=1S/C32H42FN4O14P/c1-19(2)50-30(42)46-17-48-52(44,49-18-47-31(43)51-20(3)4)12-10-36-29(41)25-27(39)26(38)23(15-37(25)35(6)32(36)9-11-45-16-32)28(40)34-14-22-8-7-21(5)13-24(22)33/h7-8,13,15,19-20,39H,9-12,14,16-18H2,1-6H3,(H,34,40). The number of pyridine rings is 1. The highest BCUT2D eigenvalue weighted by Gasteiger charge is 2.53. The van der Waals surface area contributed by atoms with Crippen molar-refractivity contribution in [2.45, 2.75) is 65.5 Å². The van der Waals surface area contributed by atoms with Gasteiger partial charge in [0.1, 0.15) is 11.4 Å². The number of amides is 2. The van der Waals surface area contributed by atoms with Crippen LogP contribution in [0.2, 0.25) is 0 Å². The lowest BCUT2D eigenvalue weighted by Crippen LogP contribution is -2.70. The van der Waals surface area contributed by atoms with Crippen molar-refractivity contribution in [2.24, 2.45) is 0 Å². The third-order valence-corrected chi connectivity index (χ3v) is 9.77. The van der Waals surface area contributed by atoms with Crippen LogP contribution in [0, 0.1) is 12.7 Å². The number of halogens is 1. The molecular formula is C32H42FN4O14P. The van der Waals surface area contributed by atoms with Crippen molar-refractivity contribution in [1.29, 1.82) is 0 Å². The molecule has 2 amide bonds. The summed E-state index contributed by atoms with van der Waals surface area (Å²) in [6, 6.07) is 4.44. The third-order valence-electron chi connectivity index (χ3n) is 8.03. The Balaban J connectivity index is 1.59. The number of aromatic hydroxyl groups is 1. The highest BCUT2D eigenvalue weighted by Crippen LogP contribution is 2.49. The molecule has 2 N–H and O–H groups in total. The number of nitrogens with one attached hydrogen (secondary N) is 1. The van der Waals surface area contributed by atoms with Gasteiger partial charge >= 0.3 is 19.9 Å². The highest BCUT2D eigenvalue weighted by atomic mass is 31.2. The molecule has 0 saturated carbocycles. The van der Waals surface area contributed by atoms with Gasteiger partial charge in [0.15, 0.2) is 17.1 Å². The molecule has 2 aliphatic rings. The molecule has 1 atom stereocenters. The molecule has 286 valence electrons. The van der Waals surface area contributed by atoms with E-state index in [1.54, 1.807) is 40.7 Å². The van der Waals surface area contributed by atoms with Gasteiger partial charge in [-0.05, 0) is 46.2 Å². The molecule has 0 aliphatic carbocycles. The third kappa shape index (κ3) is 9.20. The Morgan fingerprint density at radius 2 is 1.67 bits per heavy atom. The minimum atomic E-state index is -4.37. The average molecular weight is 757 g/mol. The second kappa shape index (κ2) is 16.8. The molecule has 1 saturated heterocycles. The van der Waals surface area contributed by atoms with E-state index in [-0.39, 0.29) is 31.7 Å². The maximum atomic E-state index is 14.4. The number of aryl methyl sites for hydroxylation is 1. The van der Waals surface area contributed by atoms with Crippen molar-refractivity contribution < 1.29 is 66.0 Å². The molecule has 52 heavy (non-hydrogen) atoms. The normalized spacial score (nSPS) is 17.1. The van der Waals surface area contributed by atoms with Gasteiger partial charge in [0.25, 0.3) is 11.8 Å². The monoisotopic (exact) mass is 756 g/mol. The number of aromatic nitrogens is 1. The number of hydrogen-bond donors (Lipinski definition) is 2. The maximum Gasteiger partial charge on any atom is 0.510 e. The summed E-state index contributed by atoms with van der Waals surface area (Å²) in [5.74, 6) is -3.42. The largest absolute Gasteiger partial charge is 0.510 e. The van der Waals surface area contributed by atoms with Gasteiger partial charge in [-0.3, -0.25) is 37.7 Å². The highest BCUT2D eigenvalue weighted by molar-refractivity contribution is 7.53. The number of rotatable bonds is 14. The second-order valence-corrected chi connectivity index (χ2v) is 14.6. The van der Waals surface area contributed by atoms with E-state index < -0.39 is 104 Å². The Morgan fingerprint density at radius 1 is 1.06 bits per heavy atom. The molecule has 1 unspecified atom stereocenters. The van der Waals surface area contributed by atoms with E-state index in [1.807, 2.05) is 0 Å². The van der Waals surface area contributed by atoms with E-state index in [0.29, 0.717) is 5.56 Å². The minimum Gasteiger partial charge on any atom is -0.502 e. The van der Waals surface area contributed by atoms with Crippen LogP contribution >= 0.6 is 7.60 Å². The summed E-state index contributed by atoms with van der Waals surface area (Å²) in [5.41, 5.74) is -2.65. The first-order valence-corrected chi connectivity index (χ1v) is 17.9. The molecule has 0 bridgehead atoms. The Bertz CT molecular complexity index is 1750. The predicted octanol–water partition coefficient (Wildman–Crippen LogP) is 3.34. The number of carbonyl (C=O) groups is 4. The molecule has 1 aromatic carbocycles. The lowest BCUT2D eigenvalue weighted by molar-refractivity contribution is -0.0307. The van der Waals surface area contributed by atoms with Crippen molar-refractivity contribution in [3.63, 3.8) is 0 Å². The van der Waals surface area contributed by atoms with Gasteiger partial charge in [-0.1, -0.05) is 12.1 Å². The van der Waals surface area contributed by atoms with E-state index in [1.165, 1.54) is 29.1 Å². The Hall–Kier alpha value is -4.71. The Morgan fingerprint density at radius 3 is 2.21 bits per heavy atom. The van der Waals surface area contributed by atoms with Gasteiger partial charge in [0, 0.05) is 38.3 Å². The van der Waals surface area contributed by atoms with Crippen molar-refractivity contribution in [2.75, 3.05) is 51.6 Å². The first-order valence-electron chi connectivity index (χ1n) is 16.2. The summed E-state index contributed by atoms with van der Waals surface area (Å²) in [5, 5.41) is 15.0. The average Bonchev–Trinajstić information content (AvgIpc) is 3.54. The fourth-order valence-electron chi connectivity index (χ4n) is 5.42. The molecule has 1 fully saturated rings. The van der Waals surface area contributed by atoms with Gasteiger partial charge in [0.05, 0.1) is 31.6 Å². The van der Waals surface area contributed by atoms with Gasteiger partial charge < -0.3 is 39.0 Å². The van der Waals surface area contributed by atoms with Crippen LogP contribution in [0.1, 0.15) is 66.1 Å². The fraction of sp³-hybridized carbons (Fsp3) is 0.531. The summed E-state index contributed by atoms with van der Waals surface area (Å²) in [7, 11) is -2.84. The van der Waals surface area contributed by atoms with Crippen LogP contribution in [0.25, 0.3) is 0 Å². The van der Waals surface area contributed by atoms with Gasteiger partial charge in [-0.2, -0.15) is 0 Å². The second-order valence-electron chi connectivity index (χ2n) is 12.4. The summed E-state index contributed by atoms with van der Waals surface area (Å²) in [6.07, 6.45) is -2.59. The smallest absolute Gasteiger partial charge is 0.502 e. The lowest BCUT2D eigenvalue weighted by atomic mass is 10.0. The fourth-order valence-corrected chi connectivity index (χ4v) is 6.62. The van der Waals surface area contributed by atoms with E-state index in [0.717, 1.165) is 10.9 Å². The zero-order chi connectivity index (χ0) is 38.4. The van der Waals surface area contributed by atoms with Crippen LogP contribution in [-0.4, -0.2) is 103 Å². The summed E-state index contributed by atoms with van der Waals surface area (Å²) < 4.78 is 65.0. The van der Waals surface area contributed by atoms with Gasteiger partial charge in [-0.15, -0.1) is 0 Å². The molecular weight excluding hydrogens is 714 g/mol. The van der Waals surface area contributed by atoms with E-state index in [2.05, 4.69) is 5.32 Å². The molecule has 1 spiro atoms. The van der Waals surface area contributed by atoms with Crippen LogP contribution in [0.15, 0.2) is 29.2 Å². The van der Waals surface area contributed by atoms with Crippen molar-refractivity contribution in [3.05, 3.63) is 62.8 Å². The van der Waals surface area contributed by atoms with Crippen molar-refractivity contribution >= 4 is 31.7 Å². The number of carbonyl (C=O) groups excluding carboxylic acids is 4. The number of ether oxygens (including phenoxy) is 5. The molecule has 2 aliphatic heterocycles. The lowest BCUT2D eigenvalue weighted by Gasteiger charge is -2.52. The van der Waals surface area contributed by atoms with Crippen LogP contribution in [0.4, 0.5) is 14.0 Å². The van der Waals surface area contributed by atoms with Gasteiger partial charge in [-0.25, -0.2) is 14.0 Å². The number of likely N-dealkylation sites (N-methyl/N-ethyl adjacent to an activating group) is 1. The maximum absolute atomic E-state index is 14.4. The van der Waals surface area contributed by atoms with Crippen LogP contribution in [-0.2, 0) is 43.8 Å². The van der Waals surface area contributed by atoms with Crippen molar-refractivity contribution in [1.82, 2.24) is 14.9 Å². The van der Waals surface area contributed by atoms with Crippen LogP contribution in [0.3, 0.4) is 0 Å². The zero-order valence-electron chi connectivity index (χ0n) is 29.5. The predicted molar refractivity (Wildman–Crippen MR) is 178 cm³/mol. The number of fused-ring (bicyclic) bond motifs is 1. The summed E-state index contributed by atoms with van der Waals surface area (Å²) in [6.45, 7) is 5.63. The molecule has 3 heterocycles. The molecule has 4 rings (SSSR count). The Labute approximate surface area is 298 Å². The van der Waals surface area contributed by atoms with E-state index in [9.17, 15) is 38.0 Å². The molecule has 20 heteroatoms. The topological polar surface area (TPSA) is 211 Å². The SMILES string of the molecule is Cc1ccc(CNC(=O)c2cn3c(c(O)c2=O)C(=O)N(CCP(=O)(OCOC(=O)OC(C)C)OCOC(=O)OC(C)C)C2(CCOC2)N3C)c(F)c1. The van der Waals surface area contributed by atoms with Gasteiger partial charge in [0.2, 0.25) is 19.0 Å².